The first-order valence-corrected chi connectivity index (χ1v) is 6.71. The molecule has 0 amide bonds. The van der Waals surface area contributed by atoms with Gasteiger partial charge in [-0.1, -0.05) is 29.8 Å². The molecule has 0 aromatic heterocycles. The van der Waals surface area contributed by atoms with Gasteiger partial charge in [0.05, 0.1) is 17.5 Å². The Labute approximate surface area is 126 Å². The van der Waals surface area contributed by atoms with E-state index in [0.717, 1.165) is 0 Å². The molecule has 2 aromatic carbocycles. The van der Waals surface area contributed by atoms with Crippen molar-refractivity contribution < 1.29 is 9.13 Å². The number of ether oxygens (including phenoxy) is 1. The van der Waals surface area contributed by atoms with E-state index in [0.29, 0.717) is 21.7 Å². The predicted octanol–water partition coefficient (Wildman–Crippen LogP) is 4.67. The van der Waals surface area contributed by atoms with E-state index < -0.39 is 5.82 Å². The summed E-state index contributed by atoms with van der Waals surface area (Å²) >= 11 is 11.8. The van der Waals surface area contributed by atoms with Crippen LogP contribution in [-0.2, 0) is 12.5 Å². The summed E-state index contributed by atoms with van der Waals surface area (Å²) in [6, 6.07) is 11.4. The SMILES string of the molecule is N#Cc1ccc(COc2c(F)cccc2CCl)c(Cl)c1. The van der Waals surface area contributed by atoms with Crippen molar-refractivity contribution in [2.75, 3.05) is 0 Å². The molecule has 0 aliphatic carbocycles. The van der Waals surface area contributed by atoms with Crippen LogP contribution in [0.3, 0.4) is 0 Å². The lowest BCUT2D eigenvalue weighted by molar-refractivity contribution is 0.288. The van der Waals surface area contributed by atoms with Gasteiger partial charge in [-0.25, -0.2) is 4.39 Å². The number of nitriles is 1. The maximum atomic E-state index is 13.7. The lowest BCUT2D eigenvalue weighted by Gasteiger charge is -2.11. The Kier molecular flexibility index (Phi) is 4.84. The van der Waals surface area contributed by atoms with Crippen LogP contribution < -0.4 is 4.74 Å². The summed E-state index contributed by atoms with van der Waals surface area (Å²) in [5.74, 6) is -0.176. The minimum atomic E-state index is -0.465. The standard InChI is InChI=1S/C15H10Cl2FNO/c16-7-11-2-1-3-14(18)15(11)20-9-12-5-4-10(8-19)6-13(12)17/h1-6H,7,9H2. The van der Waals surface area contributed by atoms with Crippen molar-refractivity contribution >= 4 is 23.2 Å². The molecule has 0 fully saturated rings. The smallest absolute Gasteiger partial charge is 0.165 e. The molecule has 5 heteroatoms. The largest absolute Gasteiger partial charge is 0.485 e. The van der Waals surface area contributed by atoms with E-state index in [1.165, 1.54) is 6.07 Å². The molecule has 0 aliphatic rings. The Morgan fingerprint density at radius 3 is 2.65 bits per heavy atom. The number of halogens is 3. The lowest BCUT2D eigenvalue weighted by atomic mass is 10.1. The van der Waals surface area contributed by atoms with Crippen molar-refractivity contribution in [1.82, 2.24) is 0 Å². The van der Waals surface area contributed by atoms with Gasteiger partial charge in [0.1, 0.15) is 6.61 Å². The van der Waals surface area contributed by atoms with E-state index in [4.69, 9.17) is 33.2 Å². The molecule has 0 heterocycles. The second-order valence-corrected chi connectivity index (χ2v) is 4.74. The molecule has 0 spiro atoms. The van der Waals surface area contributed by atoms with Gasteiger partial charge in [0.15, 0.2) is 11.6 Å². The van der Waals surface area contributed by atoms with Crippen molar-refractivity contribution in [3.63, 3.8) is 0 Å². The van der Waals surface area contributed by atoms with E-state index in [1.54, 1.807) is 30.3 Å². The van der Waals surface area contributed by atoms with Gasteiger partial charge in [-0.05, 0) is 18.2 Å². The Hall–Kier alpha value is -1.76. The van der Waals surface area contributed by atoms with Crippen LogP contribution in [0.1, 0.15) is 16.7 Å². The second kappa shape index (κ2) is 6.60. The average Bonchev–Trinajstić information content (AvgIpc) is 2.46. The zero-order valence-electron chi connectivity index (χ0n) is 10.4. The molecule has 0 aliphatic heterocycles. The molecule has 0 atom stereocenters. The van der Waals surface area contributed by atoms with E-state index in [2.05, 4.69) is 0 Å². The molecule has 2 nitrogen and oxygen atoms in total. The van der Waals surface area contributed by atoms with E-state index >= 15 is 0 Å². The third kappa shape index (κ3) is 3.22. The normalized spacial score (nSPS) is 10.1. The molecular weight excluding hydrogens is 300 g/mol. The first-order valence-electron chi connectivity index (χ1n) is 5.80. The van der Waals surface area contributed by atoms with Crippen LogP contribution in [0.25, 0.3) is 0 Å². The van der Waals surface area contributed by atoms with Gasteiger partial charge in [0.25, 0.3) is 0 Å². The number of rotatable bonds is 4. The molecule has 2 aromatic rings. The Balaban J connectivity index is 2.19. The molecule has 102 valence electrons. The van der Waals surface area contributed by atoms with Crippen molar-refractivity contribution in [3.05, 3.63) is 63.9 Å². The molecule has 0 radical (unpaired) electrons. The van der Waals surface area contributed by atoms with Crippen LogP contribution in [-0.4, -0.2) is 0 Å². The first kappa shape index (κ1) is 14.6. The fourth-order valence-electron chi connectivity index (χ4n) is 1.70. The highest BCUT2D eigenvalue weighted by Gasteiger charge is 2.10. The number of para-hydroxylation sites is 1. The van der Waals surface area contributed by atoms with Crippen molar-refractivity contribution in [1.29, 1.82) is 5.26 Å². The molecule has 0 bridgehead atoms. The zero-order chi connectivity index (χ0) is 14.5. The highest BCUT2D eigenvalue weighted by Crippen LogP contribution is 2.26. The van der Waals surface area contributed by atoms with Gasteiger partial charge in [-0.15, -0.1) is 11.6 Å². The predicted molar refractivity (Wildman–Crippen MR) is 76.5 cm³/mol. The molecule has 0 unspecified atom stereocenters. The van der Waals surface area contributed by atoms with Crippen LogP contribution in [0.2, 0.25) is 5.02 Å². The first-order chi connectivity index (χ1) is 9.65. The van der Waals surface area contributed by atoms with Crippen molar-refractivity contribution in [2.45, 2.75) is 12.5 Å². The maximum absolute atomic E-state index is 13.7. The van der Waals surface area contributed by atoms with E-state index in [1.807, 2.05) is 6.07 Å². The molecule has 2 rings (SSSR count). The quantitative estimate of drug-likeness (QED) is 0.769. The molecule has 20 heavy (non-hydrogen) atoms. The summed E-state index contributed by atoms with van der Waals surface area (Å²) in [5, 5.41) is 9.17. The van der Waals surface area contributed by atoms with Crippen LogP contribution in [0, 0.1) is 17.1 Å². The third-order valence-corrected chi connectivity index (χ3v) is 3.39. The van der Waals surface area contributed by atoms with Crippen molar-refractivity contribution in [3.8, 4) is 11.8 Å². The van der Waals surface area contributed by atoms with Crippen LogP contribution in [0.4, 0.5) is 4.39 Å². The maximum Gasteiger partial charge on any atom is 0.165 e. The number of hydrogen-bond donors (Lipinski definition) is 0. The van der Waals surface area contributed by atoms with Gasteiger partial charge in [0.2, 0.25) is 0 Å². The number of benzene rings is 2. The number of hydrogen-bond acceptors (Lipinski definition) is 2. The van der Waals surface area contributed by atoms with Crippen molar-refractivity contribution in [2.24, 2.45) is 0 Å². The summed E-state index contributed by atoms with van der Waals surface area (Å²) in [5.41, 5.74) is 1.72. The molecule has 0 saturated heterocycles. The number of nitrogens with zero attached hydrogens (tertiary/aromatic N) is 1. The monoisotopic (exact) mass is 309 g/mol. The average molecular weight is 310 g/mol. The summed E-state index contributed by atoms with van der Waals surface area (Å²) in [4.78, 5) is 0. The highest BCUT2D eigenvalue weighted by molar-refractivity contribution is 6.31. The summed E-state index contributed by atoms with van der Waals surface area (Å²) in [7, 11) is 0. The van der Waals surface area contributed by atoms with Gasteiger partial charge in [-0.2, -0.15) is 5.26 Å². The summed E-state index contributed by atoms with van der Waals surface area (Å²) in [6.45, 7) is 0.107. The van der Waals surface area contributed by atoms with Crippen LogP contribution >= 0.6 is 23.2 Å². The zero-order valence-corrected chi connectivity index (χ0v) is 11.9. The fraction of sp³-hybridized carbons (Fsp3) is 0.133. The summed E-state index contributed by atoms with van der Waals surface area (Å²) in [6.07, 6.45) is 0. The van der Waals surface area contributed by atoms with Gasteiger partial charge < -0.3 is 4.74 Å². The topological polar surface area (TPSA) is 33.0 Å². The Bertz CT molecular complexity index is 667. The minimum Gasteiger partial charge on any atom is -0.485 e. The second-order valence-electron chi connectivity index (χ2n) is 4.07. The fourth-order valence-corrected chi connectivity index (χ4v) is 2.15. The molecule has 0 N–H and O–H groups in total. The van der Waals surface area contributed by atoms with Gasteiger partial charge in [-0.3, -0.25) is 0 Å². The van der Waals surface area contributed by atoms with E-state index in [9.17, 15) is 4.39 Å². The highest BCUT2D eigenvalue weighted by atomic mass is 35.5. The van der Waals surface area contributed by atoms with Gasteiger partial charge >= 0.3 is 0 Å². The van der Waals surface area contributed by atoms with Gasteiger partial charge in [0, 0.05) is 16.1 Å². The molecular formula is C15H10Cl2FNO. The summed E-state index contributed by atoms with van der Waals surface area (Å²) < 4.78 is 19.2. The third-order valence-electron chi connectivity index (χ3n) is 2.75. The van der Waals surface area contributed by atoms with Crippen LogP contribution in [0.5, 0.6) is 5.75 Å². The number of alkyl halides is 1. The van der Waals surface area contributed by atoms with Crippen LogP contribution in [0.15, 0.2) is 36.4 Å². The molecule has 0 saturated carbocycles. The Morgan fingerprint density at radius 1 is 1.20 bits per heavy atom. The lowest BCUT2D eigenvalue weighted by Crippen LogP contribution is -2.01. The Morgan fingerprint density at radius 2 is 2.00 bits per heavy atom. The minimum absolute atomic E-state index is 0.107. The van der Waals surface area contributed by atoms with E-state index in [-0.39, 0.29) is 18.2 Å².